The monoisotopic (exact) mass is 280 g/mol. The fraction of sp³-hybridized carbons (Fsp3) is 0.0556. The maximum absolute atomic E-state index is 12.6. The standard InChI is InChI=1S/C18H13ClO/c1-12-6-9-16(19)11-17(12)18(20)15-8-7-13-4-2-3-5-14(13)10-15/h2-11H,1H3. The van der Waals surface area contributed by atoms with E-state index in [4.69, 9.17) is 11.6 Å². The minimum Gasteiger partial charge on any atom is -0.289 e. The van der Waals surface area contributed by atoms with Gasteiger partial charge in [-0.3, -0.25) is 4.79 Å². The van der Waals surface area contributed by atoms with Crippen molar-refractivity contribution in [3.8, 4) is 0 Å². The van der Waals surface area contributed by atoms with Gasteiger partial charge in [0.05, 0.1) is 0 Å². The van der Waals surface area contributed by atoms with Crippen molar-refractivity contribution >= 4 is 28.2 Å². The minimum absolute atomic E-state index is 0.00996. The number of aryl methyl sites for hydroxylation is 1. The number of rotatable bonds is 2. The van der Waals surface area contributed by atoms with Crippen molar-refractivity contribution in [3.05, 3.63) is 82.4 Å². The number of hydrogen-bond acceptors (Lipinski definition) is 1. The molecule has 1 nitrogen and oxygen atoms in total. The zero-order valence-corrected chi connectivity index (χ0v) is 11.8. The molecular weight excluding hydrogens is 268 g/mol. The molecule has 0 fully saturated rings. The third-order valence-corrected chi connectivity index (χ3v) is 3.69. The van der Waals surface area contributed by atoms with Crippen LogP contribution in [0.15, 0.2) is 60.7 Å². The number of ketones is 1. The summed E-state index contributed by atoms with van der Waals surface area (Å²) >= 11 is 5.99. The highest BCUT2D eigenvalue weighted by Crippen LogP contribution is 2.21. The smallest absolute Gasteiger partial charge is 0.193 e. The van der Waals surface area contributed by atoms with Crippen molar-refractivity contribution in [1.29, 1.82) is 0 Å². The van der Waals surface area contributed by atoms with Crippen LogP contribution in [0.25, 0.3) is 10.8 Å². The Labute approximate surface area is 122 Å². The fourth-order valence-electron chi connectivity index (χ4n) is 2.32. The van der Waals surface area contributed by atoms with Crippen molar-refractivity contribution in [3.63, 3.8) is 0 Å². The van der Waals surface area contributed by atoms with Crippen molar-refractivity contribution in [1.82, 2.24) is 0 Å². The molecule has 0 bridgehead atoms. The number of hydrogen-bond donors (Lipinski definition) is 0. The first kappa shape index (κ1) is 12.9. The summed E-state index contributed by atoms with van der Waals surface area (Å²) in [6.45, 7) is 1.92. The summed E-state index contributed by atoms with van der Waals surface area (Å²) in [5.41, 5.74) is 2.29. The second-order valence-electron chi connectivity index (χ2n) is 4.85. The molecule has 20 heavy (non-hydrogen) atoms. The van der Waals surface area contributed by atoms with Crippen LogP contribution in [0.2, 0.25) is 5.02 Å². The third kappa shape index (κ3) is 2.33. The highest BCUT2D eigenvalue weighted by Gasteiger charge is 2.12. The van der Waals surface area contributed by atoms with Gasteiger partial charge in [0.1, 0.15) is 0 Å². The molecule has 0 aliphatic carbocycles. The van der Waals surface area contributed by atoms with Crippen molar-refractivity contribution in [2.75, 3.05) is 0 Å². The van der Waals surface area contributed by atoms with E-state index in [0.29, 0.717) is 16.1 Å². The number of fused-ring (bicyclic) bond motifs is 1. The van der Waals surface area contributed by atoms with Crippen LogP contribution in [-0.2, 0) is 0 Å². The molecule has 0 atom stereocenters. The van der Waals surface area contributed by atoms with E-state index in [9.17, 15) is 4.79 Å². The van der Waals surface area contributed by atoms with Crippen molar-refractivity contribution in [2.45, 2.75) is 6.92 Å². The van der Waals surface area contributed by atoms with Crippen LogP contribution in [0.5, 0.6) is 0 Å². The normalized spacial score (nSPS) is 10.7. The number of benzene rings is 3. The molecule has 98 valence electrons. The van der Waals surface area contributed by atoms with E-state index in [1.165, 1.54) is 0 Å². The van der Waals surface area contributed by atoms with Gasteiger partial charge >= 0.3 is 0 Å². The topological polar surface area (TPSA) is 17.1 Å². The Hall–Kier alpha value is -2.12. The first-order valence-corrected chi connectivity index (χ1v) is 6.82. The number of halogens is 1. The lowest BCUT2D eigenvalue weighted by Gasteiger charge is -2.07. The lowest BCUT2D eigenvalue weighted by atomic mass is 9.97. The van der Waals surface area contributed by atoms with Crippen LogP contribution >= 0.6 is 11.6 Å². The summed E-state index contributed by atoms with van der Waals surface area (Å²) in [6.07, 6.45) is 0. The Morgan fingerprint density at radius 2 is 1.65 bits per heavy atom. The van der Waals surface area contributed by atoms with Gasteiger partial charge in [0, 0.05) is 16.1 Å². The Morgan fingerprint density at radius 3 is 2.45 bits per heavy atom. The Balaban J connectivity index is 2.10. The molecule has 0 saturated heterocycles. The molecule has 0 aromatic heterocycles. The van der Waals surface area contributed by atoms with Crippen molar-refractivity contribution in [2.24, 2.45) is 0 Å². The quantitative estimate of drug-likeness (QED) is 0.602. The summed E-state index contributed by atoms with van der Waals surface area (Å²) in [5.74, 6) is 0.00996. The van der Waals surface area contributed by atoms with Crippen LogP contribution in [0.1, 0.15) is 21.5 Å². The van der Waals surface area contributed by atoms with E-state index in [-0.39, 0.29) is 5.78 Å². The number of carbonyl (C=O) groups is 1. The lowest BCUT2D eigenvalue weighted by Crippen LogP contribution is -2.03. The van der Waals surface area contributed by atoms with Gasteiger partial charge in [0.2, 0.25) is 0 Å². The molecule has 0 N–H and O–H groups in total. The molecule has 0 aliphatic heterocycles. The van der Waals surface area contributed by atoms with Crippen LogP contribution in [0.3, 0.4) is 0 Å². The summed E-state index contributed by atoms with van der Waals surface area (Å²) in [7, 11) is 0. The van der Waals surface area contributed by atoms with E-state index in [1.54, 1.807) is 12.1 Å². The highest BCUT2D eigenvalue weighted by atomic mass is 35.5. The Kier molecular flexibility index (Phi) is 3.29. The number of carbonyl (C=O) groups excluding carboxylic acids is 1. The second-order valence-corrected chi connectivity index (χ2v) is 5.29. The fourth-order valence-corrected chi connectivity index (χ4v) is 2.50. The molecule has 0 spiro atoms. The average Bonchev–Trinajstić information content (AvgIpc) is 2.48. The first-order valence-electron chi connectivity index (χ1n) is 6.45. The summed E-state index contributed by atoms with van der Waals surface area (Å²) < 4.78 is 0. The molecule has 0 heterocycles. The van der Waals surface area contributed by atoms with Gasteiger partial charge in [-0.05, 0) is 41.5 Å². The van der Waals surface area contributed by atoms with Gasteiger partial charge in [-0.1, -0.05) is 54.1 Å². The van der Waals surface area contributed by atoms with Crippen LogP contribution in [-0.4, -0.2) is 5.78 Å². The van der Waals surface area contributed by atoms with E-state index in [0.717, 1.165) is 16.3 Å². The second kappa shape index (κ2) is 5.10. The molecule has 0 unspecified atom stereocenters. The lowest BCUT2D eigenvalue weighted by molar-refractivity contribution is 0.103. The Bertz CT molecular complexity index is 805. The SMILES string of the molecule is Cc1ccc(Cl)cc1C(=O)c1ccc2ccccc2c1. The third-order valence-electron chi connectivity index (χ3n) is 3.46. The summed E-state index contributed by atoms with van der Waals surface area (Å²) in [5, 5.41) is 2.78. The highest BCUT2D eigenvalue weighted by molar-refractivity contribution is 6.31. The van der Waals surface area contributed by atoms with E-state index in [2.05, 4.69) is 0 Å². The molecule has 0 saturated carbocycles. The van der Waals surface area contributed by atoms with Gasteiger partial charge < -0.3 is 0 Å². The molecule has 0 radical (unpaired) electrons. The van der Waals surface area contributed by atoms with Gasteiger partial charge in [-0.15, -0.1) is 0 Å². The maximum atomic E-state index is 12.6. The predicted octanol–water partition coefficient (Wildman–Crippen LogP) is 5.03. The molecule has 2 heteroatoms. The van der Waals surface area contributed by atoms with E-state index >= 15 is 0 Å². The molecular formula is C18H13ClO. The van der Waals surface area contributed by atoms with Gasteiger partial charge in [-0.2, -0.15) is 0 Å². The van der Waals surface area contributed by atoms with E-state index < -0.39 is 0 Å². The van der Waals surface area contributed by atoms with Crippen molar-refractivity contribution < 1.29 is 4.79 Å². The minimum atomic E-state index is 0.00996. The molecule has 3 aromatic rings. The van der Waals surface area contributed by atoms with Crippen LogP contribution in [0.4, 0.5) is 0 Å². The van der Waals surface area contributed by atoms with Crippen LogP contribution in [0, 0.1) is 6.92 Å². The van der Waals surface area contributed by atoms with Gasteiger partial charge in [0.25, 0.3) is 0 Å². The largest absolute Gasteiger partial charge is 0.289 e. The molecule has 0 amide bonds. The molecule has 3 rings (SSSR count). The molecule has 0 aliphatic rings. The van der Waals surface area contributed by atoms with Gasteiger partial charge in [-0.25, -0.2) is 0 Å². The zero-order valence-electron chi connectivity index (χ0n) is 11.1. The Morgan fingerprint density at radius 1 is 0.900 bits per heavy atom. The van der Waals surface area contributed by atoms with Crippen LogP contribution < -0.4 is 0 Å². The van der Waals surface area contributed by atoms with Gasteiger partial charge in [0.15, 0.2) is 5.78 Å². The van der Waals surface area contributed by atoms with E-state index in [1.807, 2.05) is 55.5 Å². The zero-order chi connectivity index (χ0) is 14.1. The first-order chi connectivity index (χ1) is 9.65. The summed E-state index contributed by atoms with van der Waals surface area (Å²) in [4.78, 5) is 12.6. The summed E-state index contributed by atoms with van der Waals surface area (Å²) in [6, 6.07) is 19.2. The maximum Gasteiger partial charge on any atom is 0.193 e. The predicted molar refractivity (Wildman–Crippen MR) is 83.6 cm³/mol. The molecule has 3 aromatic carbocycles. The average molecular weight is 281 g/mol.